The maximum atomic E-state index is 5.21. The molecule has 10 heavy (non-hydrogen) atoms. The van der Waals surface area contributed by atoms with Crippen LogP contribution >= 0.6 is 21.6 Å². The molecular formula is C6H11NOS2. The van der Waals surface area contributed by atoms with Crippen molar-refractivity contribution >= 4 is 21.6 Å². The molecule has 1 aliphatic heterocycles. The Labute approximate surface area is 68.6 Å². The molecule has 1 saturated carbocycles. The molecule has 58 valence electrons. The lowest BCUT2D eigenvalue weighted by Gasteiger charge is -2.16. The SMILES string of the molecule is CC1SSC2(CC2)C1ON. The van der Waals surface area contributed by atoms with E-state index in [4.69, 9.17) is 10.7 Å². The molecule has 0 aromatic heterocycles. The zero-order valence-electron chi connectivity index (χ0n) is 5.87. The molecule has 0 aromatic rings. The van der Waals surface area contributed by atoms with Crippen LogP contribution in [0.15, 0.2) is 0 Å². The summed E-state index contributed by atoms with van der Waals surface area (Å²) in [7, 11) is 3.87. The van der Waals surface area contributed by atoms with Crippen LogP contribution in [0, 0.1) is 0 Å². The molecule has 4 heteroatoms. The largest absolute Gasteiger partial charge is 0.299 e. The predicted octanol–water partition coefficient (Wildman–Crippen LogP) is 1.56. The Morgan fingerprint density at radius 2 is 2.30 bits per heavy atom. The Bertz CT molecular complexity index is 149. The van der Waals surface area contributed by atoms with Gasteiger partial charge in [-0.25, -0.2) is 5.90 Å². The number of rotatable bonds is 1. The van der Waals surface area contributed by atoms with Gasteiger partial charge in [0.1, 0.15) is 6.10 Å². The van der Waals surface area contributed by atoms with E-state index < -0.39 is 0 Å². The molecule has 2 nitrogen and oxygen atoms in total. The molecule has 0 aromatic carbocycles. The summed E-state index contributed by atoms with van der Waals surface area (Å²) < 4.78 is 0.416. The quantitative estimate of drug-likeness (QED) is 0.487. The molecule has 0 amide bonds. The van der Waals surface area contributed by atoms with Crippen molar-refractivity contribution < 1.29 is 4.84 Å². The predicted molar refractivity (Wildman–Crippen MR) is 45.7 cm³/mol. The summed E-state index contributed by atoms with van der Waals surface area (Å²) in [6.45, 7) is 2.18. The lowest BCUT2D eigenvalue weighted by atomic mass is 10.2. The molecule has 2 unspecified atom stereocenters. The molecule has 2 rings (SSSR count). The third-order valence-electron chi connectivity index (χ3n) is 2.20. The van der Waals surface area contributed by atoms with Crippen molar-refractivity contribution in [2.45, 2.75) is 35.9 Å². The van der Waals surface area contributed by atoms with Crippen LogP contribution in [0.3, 0.4) is 0 Å². The fourth-order valence-electron chi connectivity index (χ4n) is 1.42. The van der Waals surface area contributed by atoms with Crippen molar-refractivity contribution in [3.8, 4) is 0 Å². The minimum atomic E-state index is 0.294. The highest BCUT2D eigenvalue weighted by atomic mass is 33.1. The van der Waals surface area contributed by atoms with Crippen LogP contribution < -0.4 is 5.90 Å². The van der Waals surface area contributed by atoms with Gasteiger partial charge in [-0.05, 0) is 19.8 Å². The van der Waals surface area contributed by atoms with Crippen LogP contribution in [0.25, 0.3) is 0 Å². The Morgan fingerprint density at radius 1 is 1.60 bits per heavy atom. The average molecular weight is 177 g/mol. The number of hydrogen-bond donors (Lipinski definition) is 1. The Hall–Kier alpha value is 0.620. The van der Waals surface area contributed by atoms with Gasteiger partial charge in [-0.15, -0.1) is 0 Å². The van der Waals surface area contributed by atoms with Crippen LogP contribution in [-0.2, 0) is 4.84 Å². The van der Waals surface area contributed by atoms with Crippen LogP contribution in [-0.4, -0.2) is 16.1 Å². The van der Waals surface area contributed by atoms with Gasteiger partial charge < -0.3 is 0 Å². The molecule has 1 saturated heterocycles. The standard InChI is InChI=1S/C6H11NOS2/c1-4-5(8-7)6(2-3-6)10-9-4/h4-5H,2-3,7H2,1H3. The lowest BCUT2D eigenvalue weighted by molar-refractivity contribution is 0.0503. The van der Waals surface area contributed by atoms with Crippen molar-refractivity contribution in [1.82, 2.24) is 0 Å². The Kier molecular flexibility index (Phi) is 1.68. The van der Waals surface area contributed by atoms with E-state index in [1.54, 1.807) is 0 Å². The normalized spacial score (nSPS) is 42.6. The van der Waals surface area contributed by atoms with E-state index in [2.05, 4.69) is 6.92 Å². The lowest BCUT2D eigenvalue weighted by Crippen LogP contribution is -2.33. The first-order valence-corrected chi connectivity index (χ1v) is 5.70. The van der Waals surface area contributed by atoms with Gasteiger partial charge in [-0.2, -0.15) is 0 Å². The molecule has 1 heterocycles. The molecule has 2 aliphatic rings. The summed E-state index contributed by atoms with van der Waals surface area (Å²) in [5, 5.41) is 0.567. The smallest absolute Gasteiger partial charge is 0.107 e. The summed E-state index contributed by atoms with van der Waals surface area (Å²) in [5.41, 5.74) is 0. The first kappa shape index (κ1) is 7.28. The van der Waals surface area contributed by atoms with Gasteiger partial charge in [0.2, 0.25) is 0 Å². The third kappa shape index (κ3) is 0.897. The second-order valence-corrected chi connectivity index (χ2v) is 6.00. The second-order valence-electron chi connectivity index (χ2n) is 3.01. The van der Waals surface area contributed by atoms with Gasteiger partial charge in [0.15, 0.2) is 0 Å². The van der Waals surface area contributed by atoms with E-state index in [0.29, 0.717) is 16.1 Å². The summed E-state index contributed by atoms with van der Waals surface area (Å²) in [4.78, 5) is 4.96. The van der Waals surface area contributed by atoms with Gasteiger partial charge in [-0.1, -0.05) is 21.6 Å². The molecule has 2 fully saturated rings. The zero-order valence-corrected chi connectivity index (χ0v) is 7.50. The maximum Gasteiger partial charge on any atom is 0.107 e. The van der Waals surface area contributed by atoms with Gasteiger partial charge in [0.25, 0.3) is 0 Å². The van der Waals surface area contributed by atoms with Gasteiger partial charge in [0.05, 0.1) is 4.75 Å². The van der Waals surface area contributed by atoms with Crippen LogP contribution in [0.5, 0.6) is 0 Å². The second kappa shape index (κ2) is 2.30. The maximum absolute atomic E-state index is 5.21. The summed E-state index contributed by atoms with van der Waals surface area (Å²) in [6, 6.07) is 0. The first-order chi connectivity index (χ1) is 4.78. The molecule has 0 bridgehead atoms. The number of nitrogens with two attached hydrogens (primary N) is 1. The highest BCUT2D eigenvalue weighted by molar-refractivity contribution is 8.78. The molecular weight excluding hydrogens is 166 g/mol. The summed E-state index contributed by atoms with van der Waals surface area (Å²) >= 11 is 0. The highest BCUT2D eigenvalue weighted by Crippen LogP contribution is 2.64. The van der Waals surface area contributed by atoms with E-state index in [1.807, 2.05) is 21.6 Å². The fourth-order valence-corrected chi connectivity index (χ4v) is 5.02. The Balaban J connectivity index is 2.10. The van der Waals surface area contributed by atoms with E-state index in [0.717, 1.165) is 0 Å². The summed E-state index contributed by atoms with van der Waals surface area (Å²) in [5.74, 6) is 5.21. The number of hydrogen-bond acceptors (Lipinski definition) is 4. The molecule has 1 aliphatic carbocycles. The molecule has 0 radical (unpaired) electrons. The van der Waals surface area contributed by atoms with Crippen molar-refractivity contribution in [2.75, 3.05) is 0 Å². The van der Waals surface area contributed by atoms with E-state index >= 15 is 0 Å². The minimum absolute atomic E-state index is 0.294. The first-order valence-electron chi connectivity index (χ1n) is 3.48. The topological polar surface area (TPSA) is 35.2 Å². The molecule has 2 N–H and O–H groups in total. The van der Waals surface area contributed by atoms with E-state index in [-0.39, 0.29) is 0 Å². The molecule has 2 atom stereocenters. The van der Waals surface area contributed by atoms with E-state index in [9.17, 15) is 0 Å². The highest BCUT2D eigenvalue weighted by Gasteiger charge is 2.57. The third-order valence-corrected chi connectivity index (χ3v) is 6.01. The van der Waals surface area contributed by atoms with Gasteiger partial charge in [0, 0.05) is 5.25 Å². The summed E-state index contributed by atoms with van der Waals surface area (Å²) in [6.07, 6.45) is 2.87. The van der Waals surface area contributed by atoms with Crippen molar-refractivity contribution in [2.24, 2.45) is 5.90 Å². The van der Waals surface area contributed by atoms with Crippen molar-refractivity contribution in [1.29, 1.82) is 0 Å². The Morgan fingerprint density at radius 3 is 2.70 bits per heavy atom. The minimum Gasteiger partial charge on any atom is -0.299 e. The van der Waals surface area contributed by atoms with Crippen molar-refractivity contribution in [3.05, 3.63) is 0 Å². The van der Waals surface area contributed by atoms with Crippen LogP contribution in [0.1, 0.15) is 19.8 Å². The van der Waals surface area contributed by atoms with Gasteiger partial charge >= 0.3 is 0 Å². The van der Waals surface area contributed by atoms with E-state index in [1.165, 1.54) is 12.8 Å². The van der Waals surface area contributed by atoms with Crippen LogP contribution in [0.4, 0.5) is 0 Å². The monoisotopic (exact) mass is 177 g/mol. The molecule has 1 spiro atoms. The zero-order chi connectivity index (χ0) is 7.19. The van der Waals surface area contributed by atoms with Gasteiger partial charge in [-0.3, -0.25) is 4.84 Å². The fraction of sp³-hybridized carbons (Fsp3) is 1.00. The average Bonchev–Trinajstić information content (AvgIpc) is 2.60. The van der Waals surface area contributed by atoms with Crippen molar-refractivity contribution in [3.63, 3.8) is 0 Å². The van der Waals surface area contributed by atoms with Crippen LogP contribution in [0.2, 0.25) is 0 Å².